The largest absolute Gasteiger partial charge is 0.440 e. The van der Waals surface area contributed by atoms with Crippen molar-refractivity contribution in [2.24, 2.45) is 5.92 Å². The molecule has 0 saturated heterocycles. The Bertz CT molecular complexity index is 740. The SMILES string of the molecule is CCC1CCC(N(C(=O)Cc2nc(-c3cccs3)oc2C)C2CC2)CC1. The molecule has 2 aromatic heterocycles. The van der Waals surface area contributed by atoms with Crippen LogP contribution in [-0.2, 0) is 11.2 Å². The summed E-state index contributed by atoms with van der Waals surface area (Å²) >= 11 is 1.61. The van der Waals surface area contributed by atoms with Crippen LogP contribution < -0.4 is 0 Å². The van der Waals surface area contributed by atoms with Crippen molar-refractivity contribution in [3.8, 4) is 10.8 Å². The molecule has 2 aromatic rings. The third-order valence-electron chi connectivity index (χ3n) is 5.96. The Labute approximate surface area is 159 Å². The average Bonchev–Trinajstić information content (AvgIpc) is 3.18. The molecule has 1 amide bonds. The molecule has 2 saturated carbocycles. The molecule has 4 nitrogen and oxygen atoms in total. The van der Waals surface area contributed by atoms with Gasteiger partial charge in [0.1, 0.15) is 5.76 Å². The summed E-state index contributed by atoms with van der Waals surface area (Å²) in [6.45, 7) is 4.20. The number of carbonyl (C=O) groups is 1. The van der Waals surface area contributed by atoms with Crippen molar-refractivity contribution in [2.45, 2.75) is 77.3 Å². The molecule has 0 atom stereocenters. The minimum atomic E-state index is 0.238. The second kappa shape index (κ2) is 7.55. The molecular formula is C21H28N2O2S. The van der Waals surface area contributed by atoms with E-state index in [1.807, 2.05) is 24.4 Å². The van der Waals surface area contributed by atoms with Crippen molar-refractivity contribution in [3.63, 3.8) is 0 Å². The molecular weight excluding hydrogens is 344 g/mol. The third-order valence-corrected chi connectivity index (χ3v) is 6.82. The number of carbonyl (C=O) groups excluding carboxylic acids is 1. The Morgan fingerprint density at radius 3 is 2.50 bits per heavy atom. The van der Waals surface area contributed by atoms with Gasteiger partial charge in [-0.3, -0.25) is 4.79 Å². The van der Waals surface area contributed by atoms with E-state index >= 15 is 0 Å². The van der Waals surface area contributed by atoms with E-state index in [4.69, 9.17) is 4.42 Å². The summed E-state index contributed by atoms with van der Waals surface area (Å²) in [6, 6.07) is 4.90. The molecule has 26 heavy (non-hydrogen) atoms. The highest BCUT2D eigenvalue weighted by atomic mass is 32.1. The Morgan fingerprint density at radius 1 is 1.23 bits per heavy atom. The molecule has 5 heteroatoms. The van der Waals surface area contributed by atoms with E-state index in [1.165, 1.54) is 32.1 Å². The maximum Gasteiger partial charge on any atom is 0.236 e. The molecule has 2 heterocycles. The van der Waals surface area contributed by atoms with Gasteiger partial charge in [0.25, 0.3) is 0 Å². The van der Waals surface area contributed by atoms with E-state index in [-0.39, 0.29) is 5.91 Å². The number of rotatable bonds is 6. The van der Waals surface area contributed by atoms with Crippen molar-refractivity contribution >= 4 is 17.2 Å². The van der Waals surface area contributed by atoms with Crippen LogP contribution in [0.1, 0.15) is 63.3 Å². The summed E-state index contributed by atoms with van der Waals surface area (Å²) in [5.74, 6) is 2.50. The normalized spacial score (nSPS) is 23.2. The fourth-order valence-corrected chi connectivity index (χ4v) is 4.87. The molecule has 4 rings (SSSR count). The van der Waals surface area contributed by atoms with Crippen LogP contribution in [0.2, 0.25) is 0 Å². The molecule has 0 aliphatic heterocycles. The molecule has 0 radical (unpaired) electrons. The second-order valence-corrected chi connectivity index (χ2v) is 8.74. The summed E-state index contributed by atoms with van der Waals surface area (Å²) in [5.41, 5.74) is 0.797. The molecule has 0 N–H and O–H groups in total. The highest BCUT2D eigenvalue weighted by Crippen LogP contribution is 2.37. The van der Waals surface area contributed by atoms with Crippen molar-refractivity contribution in [1.82, 2.24) is 9.88 Å². The van der Waals surface area contributed by atoms with Gasteiger partial charge < -0.3 is 9.32 Å². The number of amides is 1. The highest BCUT2D eigenvalue weighted by Gasteiger charge is 2.38. The van der Waals surface area contributed by atoms with Crippen molar-refractivity contribution in [3.05, 3.63) is 29.0 Å². The Hall–Kier alpha value is -1.62. The van der Waals surface area contributed by atoms with Crippen LogP contribution in [0.3, 0.4) is 0 Å². The van der Waals surface area contributed by atoms with E-state index < -0.39 is 0 Å². The number of aryl methyl sites for hydroxylation is 1. The topological polar surface area (TPSA) is 46.3 Å². The minimum Gasteiger partial charge on any atom is -0.440 e. The van der Waals surface area contributed by atoms with Crippen LogP contribution in [0, 0.1) is 12.8 Å². The first-order valence-electron chi connectivity index (χ1n) is 9.97. The quantitative estimate of drug-likeness (QED) is 0.699. The Balaban J connectivity index is 1.46. The monoisotopic (exact) mass is 372 g/mol. The van der Waals surface area contributed by atoms with Gasteiger partial charge >= 0.3 is 0 Å². The predicted octanol–water partition coefficient (Wildman–Crippen LogP) is 5.21. The van der Waals surface area contributed by atoms with Crippen molar-refractivity contribution in [2.75, 3.05) is 0 Å². The third kappa shape index (κ3) is 3.73. The molecule has 0 unspecified atom stereocenters. The van der Waals surface area contributed by atoms with Crippen LogP contribution in [0.25, 0.3) is 10.8 Å². The first kappa shape index (κ1) is 17.8. The van der Waals surface area contributed by atoms with E-state index in [0.29, 0.717) is 24.4 Å². The second-order valence-electron chi connectivity index (χ2n) is 7.79. The van der Waals surface area contributed by atoms with E-state index in [1.54, 1.807) is 11.3 Å². The van der Waals surface area contributed by atoms with Gasteiger partial charge in [0, 0.05) is 12.1 Å². The van der Waals surface area contributed by atoms with Crippen LogP contribution in [0.15, 0.2) is 21.9 Å². The fraction of sp³-hybridized carbons (Fsp3) is 0.619. The fourth-order valence-electron chi connectivity index (χ4n) is 4.22. The highest BCUT2D eigenvalue weighted by molar-refractivity contribution is 7.13. The van der Waals surface area contributed by atoms with Gasteiger partial charge in [0.05, 0.1) is 17.0 Å². The maximum absolute atomic E-state index is 13.1. The van der Waals surface area contributed by atoms with Crippen LogP contribution >= 0.6 is 11.3 Å². The van der Waals surface area contributed by atoms with Gasteiger partial charge in [-0.15, -0.1) is 11.3 Å². The van der Waals surface area contributed by atoms with Gasteiger partial charge in [-0.05, 0) is 62.8 Å². The molecule has 0 spiro atoms. The zero-order chi connectivity index (χ0) is 18.1. The molecule has 2 aliphatic rings. The summed E-state index contributed by atoms with van der Waals surface area (Å²) < 4.78 is 5.82. The zero-order valence-corrected chi connectivity index (χ0v) is 16.6. The first-order valence-corrected chi connectivity index (χ1v) is 10.8. The lowest BCUT2D eigenvalue weighted by atomic mass is 9.83. The van der Waals surface area contributed by atoms with Crippen molar-refractivity contribution < 1.29 is 9.21 Å². The molecule has 140 valence electrons. The molecule has 2 fully saturated rings. The Kier molecular flexibility index (Phi) is 5.16. The van der Waals surface area contributed by atoms with Gasteiger partial charge in [0.15, 0.2) is 0 Å². The van der Waals surface area contributed by atoms with Gasteiger partial charge in [-0.1, -0.05) is 19.4 Å². The molecule has 0 aromatic carbocycles. The van der Waals surface area contributed by atoms with Gasteiger partial charge in [-0.2, -0.15) is 0 Å². The summed E-state index contributed by atoms with van der Waals surface area (Å²) in [5, 5.41) is 2.02. The maximum atomic E-state index is 13.1. The van der Waals surface area contributed by atoms with E-state index in [0.717, 1.165) is 35.1 Å². The summed E-state index contributed by atoms with van der Waals surface area (Å²) in [4.78, 5) is 21.0. The summed E-state index contributed by atoms with van der Waals surface area (Å²) in [6.07, 6.45) is 8.83. The number of nitrogens with zero attached hydrogens (tertiary/aromatic N) is 2. The predicted molar refractivity (Wildman–Crippen MR) is 104 cm³/mol. The van der Waals surface area contributed by atoms with Crippen LogP contribution in [0.4, 0.5) is 0 Å². The lowest BCUT2D eigenvalue weighted by Gasteiger charge is -2.37. The molecule has 2 aliphatic carbocycles. The first-order chi connectivity index (χ1) is 12.7. The van der Waals surface area contributed by atoms with E-state index in [2.05, 4.69) is 16.8 Å². The zero-order valence-electron chi connectivity index (χ0n) is 15.7. The van der Waals surface area contributed by atoms with Crippen LogP contribution in [0.5, 0.6) is 0 Å². The number of oxazole rings is 1. The van der Waals surface area contributed by atoms with Crippen LogP contribution in [-0.4, -0.2) is 27.9 Å². The van der Waals surface area contributed by atoms with Crippen molar-refractivity contribution in [1.29, 1.82) is 0 Å². The number of thiophene rings is 1. The molecule has 0 bridgehead atoms. The number of aromatic nitrogens is 1. The van der Waals surface area contributed by atoms with Gasteiger partial charge in [-0.25, -0.2) is 4.98 Å². The lowest BCUT2D eigenvalue weighted by Crippen LogP contribution is -2.44. The standard InChI is InChI=1S/C21H28N2O2S/c1-3-15-6-8-16(9-7-15)23(17-10-11-17)20(24)13-18-14(2)25-21(22-18)19-5-4-12-26-19/h4-5,12,15-17H,3,6-11,13H2,1-2H3. The minimum absolute atomic E-state index is 0.238. The average molecular weight is 373 g/mol. The number of hydrogen-bond donors (Lipinski definition) is 0. The Morgan fingerprint density at radius 2 is 1.92 bits per heavy atom. The smallest absolute Gasteiger partial charge is 0.236 e. The number of hydrogen-bond acceptors (Lipinski definition) is 4. The van der Waals surface area contributed by atoms with E-state index in [9.17, 15) is 4.79 Å². The lowest BCUT2D eigenvalue weighted by molar-refractivity contribution is -0.134. The summed E-state index contributed by atoms with van der Waals surface area (Å²) in [7, 11) is 0. The van der Waals surface area contributed by atoms with Gasteiger partial charge in [0.2, 0.25) is 11.8 Å².